The van der Waals surface area contributed by atoms with Crippen molar-refractivity contribution in [1.82, 2.24) is 4.90 Å². The number of nitrogens with zero attached hydrogens (tertiary/aromatic N) is 1. The molecule has 0 fully saturated rings. The number of carbonyl (C=O) groups is 3. The van der Waals surface area contributed by atoms with Crippen molar-refractivity contribution in [3.8, 4) is 0 Å². The molecule has 19 heavy (non-hydrogen) atoms. The summed E-state index contributed by atoms with van der Waals surface area (Å²) in [5.74, 6) is -1.56. The maximum absolute atomic E-state index is 12.0. The van der Waals surface area contributed by atoms with Crippen molar-refractivity contribution >= 4 is 29.5 Å². The summed E-state index contributed by atoms with van der Waals surface area (Å²) >= 11 is 1.14. The van der Waals surface area contributed by atoms with Crippen LogP contribution in [0.3, 0.4) is 0 Å². The fraction of sp³-hybridized carbons (Fsp3) is 0.250. The highest BCUT2D eigenvalue weighted by Crippen LogP contribution is 2.24. The highest BCUT2D eigenvalue weighted by molar-refractivity contribution is 7.99. The van der Waals surface area contributed by atoms with Gasteiger partial charge in [0.25, 0.3) is 11.8 Å². The molecule has 2 amide bonds. The minimum Gasteiger partial charge on any atom is -0.480 e. The van der Waals surface area contributed by atoms with Crippen LogP contribution in [0.15, 0.2) is 24.3 Å². The summed E-state index contributed by atoms with van der Waals surface area (Å²) in [6.07, 6.45) is 0. The molecule has 0 spiro atoms. The molecule has 1 aliphatic rings. The molecule has 0 saturated heterocycles. The molecule has 0 unspecified atom stereocenters. The van der Waals surface area contributed by atoms with Crippen LogP contribution in [0.1, 0.15) is 20.7 Å². The van der Waals surface area contributed by atoms with Gasteiger partial charge in [-0.2, -0.15) is 0 Å². The predicted octanol–water partition coefficient (Wildman–Crippen LogP) is 0.385. The number of imide groups is 1. The van der Waals surface area contributed by atoms with Gasteiger partial charge in [0.1, 0.15) is 6.04 Å². The topological polar surface area (TPSA) is 101 Å². The monoisotopic (exact) mass is 280 g/mol. The highest BCUT2D eigenvalue weighted by Gasteiger charge is 2.34. The number of carbonyl (C=O) groups excluding carboxylic acids is 2. The number of benzene rings is 1. The van der Waals surface area contributed by atoms with Crippen molar-refractivity contribution < 1.29 is 19.5 Å². The molecule has 1 aromatic rings. The van der Waals surface area contributed by atoms with E-state index in [0.29, 0.717) is 11.1 Å². The summed E-state index contributed by atoms with van der Waals surface area (Å²) in [4.78, 5) is 35.6. The summed E-state index contributed by atoms with van der Waals surface area (Å²) in [5.41, 5.74) is 6.12. The Balaban J connectivity index is 1.99. The Bertz CT molecular complexity index is 511. The van der Waals surface area contributed by atoms with E-state index in [2.05, 4.69) is 0 Å². The fourth-order valence-electron chi connectivity index (χ4n) is 1.70. The number of thioether (sulfide) groups is 1. The second-order valence-electron chi connectivity index (χ2n) is 4.03. The third-order valence-corrected chi connectivity index (χ3v) is 3.75. The average molecular weight is 280 g/mol. The van der Waals surface area contributed by atoms with Gasteiger partial charge < -0.3 is 10.8 Å². The van der Waals surface area contributed by atoms with Crippen LogP contribution in [0.4, 0.5) is 0 Å². The number of hydrogen-bond donors (Lipinski definition) is 2. The largest absolute Gasteiger partial charge is 0.480 e. The van der Waals surface area contributed by atoms with Gasteiger partial charge in [-0.15, -0.1) is 11.8 Å². The lowest BCUT2D eigenvalue weighted by Crippen LogP contribution is -2.34. The summed E-state index contributed by atoms with van der Waals surface area (Å²) in [6, 6.07) is 5.59. The second-order valence-corrected chi connectivity index (χ2v) is 5.03. The number of amides is 2. The molecule has 1 heterocycles. The van der Waals surface area contributed by atoms with Gasteiger partial charge in [0, 0.05) is 5.75 Å². The van der Waals surface area contributed by atoms with Crippen molar-refractivity contribution in [1.29, 1.82) is 0 Å². The van der Waals surface area contributed by atoms with Crippen LogP contribution in [-0.4, -0.2) is 45.5 Å². The molecule has 1 aliphatic heterocycles. The lowest BCUT2D eigenvalue weighted by Gasteiger charge is -2.14. The Morgan fingerprint density at radius 2 is 1.79 bits per heavy atom. The van der Waals surface area contributed by atoms with Crippen molar-refractivity contribution in [2.75, 3.05) is 11.6 Å². The molecule has 1 aromatic carbocycles. The molecule has 6 nitrogen and oxygen atoms in total. The Morgan fingerprint density at radius 1 is 1.26 bits per heavy atom. The van der Waals surface area contributed by atoms with Gasteiger partial charge in [-0.25, -0.2) is 0 Å². The zero-order valence-electron chi connectivity index (χ0n) is 9.91. The van der Waals surface area contributed by atoms with Crippen LogP contribution in [0.25, 0.3) is 0 Å². The van der Waals surface area contributed by atoms with Crippen molar-refractivity contribution in [2.45, 2.75) is 6.04 Å². The SMILES string of the molecule is N[C@H](CSCN1C(=O)c2ccccc2C1=O)C(=O)O. The molecule has 0 radical (unpaired) electrons. The summed E-state index contributed by atoms with van der Waals surface area (Å²) in [7, 11) is 0. The van der Waals surface area contributed by atoms with E-state index in [4.69, 9.17) is 10.8 Å². The minimum absolute atomic E-state index is 0.104. The second kappa shape index (κ2) is 5.41. The van der Waals surface area contributed by atoms with E-state index in [1.165, 1.54) is 0 Å². The Labute approximate surface area is 113 Å². The molecule has 2 rings (SSSR count). The lowest BCUT2D eigenvalue weighted by molar-refractivity contribution is -0.137. The fourth-order valence-corrected chi connectivity index (χ4v) is 2.62. The van der Waals surface area contributed by atoms with Crippen LogP contribution < -0.4 is 5.73 Å². The van der Waals surface area contributed by atoms with Crippen molar-refractivity contribution in [3.63, 3.8) is 0 Å². The highest BCUT2D eigenvalue weighted by atomic mass is 32.2. The number of carboxylic acid groups (broad SMARTS) is 1. The summed E-state index contributed by atoms with van der Waals surface area (Å²) < 4.78 is 0. The molecule has 0 aromatic heterocycles. The van der Waals surface area contributed by atoms with E-state index >= 15 is 0 Å². The lowest BCUT2D eigenvalue weighted by atomic mass is 10.1. The van der Waals surface area contributed by atoms with Crippen LogP contribution in [0.2, 0.25) is 0 Å². The van der Waals surface area contributed by atoms with Crippen LogP contribution in [0.5, 0.6) is 0 Å². The van der Waals surface area contributed by atoms with E-state index in [1.807, 2.05) is 0 Å². The predicted molar refractivity (Wildman–Crippen MR) is 69.9 cm³/mol. The first-order chi connectivity index (χ1) is 9.02. The molecular formula is C12H12N2O4S. The molecule has 7 heteroatoms. The van der Waals surface area contributed by atoms with Gasteiger partial charge in [-0.05, 0) is 12.1 Å². The number of hydrogen-bond acceptors (Lipinski definition) is 5. The number of nitrogens with two attached hydrogens (primary N) is 1. The van der Waals surface area contributed by atoms with Gasteiger partial charge in [-0.3, -0.25) is 19.3 Å². The van der Waals surface area contributed by atoms with Crippen LogP contribution in [0, 0.1) is 0 Å². The zero-order chi connectivity index (χ0) is 14.0. The summed E-state index contributed by atoms with van der Waals surface area (Å²) in [5, 5.41) is 8.63. The molecule has 1 atom stereocenters. The Hall–Kier alpha value is -1.86. The maximum atomic E-state index is 12.0. The Kier molecular flexibility index (Phi) is 3.87. The molecule has 0 aliphatic carbocycles. The number of rotatable bonds is 5. The number of fused-ring (bicyclic) bond motifs is 1. The normalized spacial score (nSPS) is 15.5. The first kappa shape index (κ1) is 13.6. The first-order valence-corrected chi connectivity index (χ1v) is 6.69. The third kappa shape index (κ3) is 2.61. The van der Waals surface area contributed by atoms with Gasteiger partial charge in [0.05, 0.1) is 17.0 Å². The van der Waals surface area contributed by atoms with E-state index in [9.17, 15) is 14.4 Å². The van der Waals surface area contributed by atoms with E-state index in [0.717, 1.165) is 16.7 Å². The van der Waals surface area contributed by atoms with Gasteiger partial charge in [0.2, 0.25) is 0 Å². The third-order valence-electron chi connectivity index (χ3n) is 2.71. The molecule has 3 N–H and O–H groups in total. The van der Waals surface area contributed by atoms with E-state index < -0.39 is 12.0 Å². The quantitative estimate of drug-likeness (QED) is 0.756. The maximum Gasteiger partial charge on any atom is 0.321 e. The summed E-state index contributed by atoms with van der Waals surface area (Å²) in [6.45, 7) is 0. The first-order valence-electron chi connectivity index (χ1n) is 5.53. The Morgan fingerprint density at radius 3 is 2.26 bits per heavy atom. The standard InChI is InChI=1S/C12H12N2O4S/c13-9(12(17)18)5-19-6-14-10(15)7-3-1-2-4-8(7)11(14)16/h1-4,9H,5-6,13H2,(H,17,18)/t9-/m1/s1. The van der Waals surface area contributed by atoms with Crippen molar-refractivity contribution in [3.05, 3.63) is 35.4 Å². The van der Waals surface area contributed by atoms with Crippen molar-refractivity contribution in [2.24, 2.45) is 5.73 Å². The zero-order valence-corrected chi connectivity index (χ0v) is 10.7. The number of carboxylic acids is 1. The number of aliphatic carboxylic acids is 1. The van der Waals surface area contributed by atoms with Gasteiger partial charge in [0.15, 0.2) is 0 Å². The average Bonchev–Trinajstić information content (AvgIpc) is 2.64. The smallest absolute Gasteiger partial charge is 0.321 e. The molecular weight excluding hydrogens is 268 g/mol. The molecule has 0 saturated carbocycles. The van der Waals surface area contributed by atoms with Crippen LogP contribution >= 0.6 is 11.8 Å². The van der Waals surface area contributed by atoms with Gasteiger partial charge in [-0.1, -0.05) is 12.1 Å². The van der Waals surface area contributed by atoms with E-state index in [1.54, 1.807) is 24.3 Å². The van der Waals surface area contributed by atoms with Crippen LogP contribution in [-0.2, 0) is 4.79 Å². The minimum atomic E-state index is -1.10. The van der Waals surface area contributed by atoms with E-state index in [-0.39, 0.29) is 23.4 Å². The molecule has 0 bridgehead atoms. The van der Waals surface area contributed by atoms with Gasteiger partial charge >= 0.3 is 5.97 Å². The molecule has 100 valence electrons.